The minimum absolute atomic E-state index is 0.00944. The average molecular weight is 291 g/mol. The second-order valence-electron chi connectivity index (χ2n) is 8.52. The normalized spacial score (nSPS) is 53.5. The van der Waals surface area contributed by atoms with E-state index in [4.69, 9.17) is 4.74 Å². The largest absolute Gasteiger partial charge is 0.390 e. The van der Waals surface area contributed by atoms with Crippen molar-refractivity contribution in [2.24, 2.45) is 35.5 Å². The molecule has 5 aliphatic rings. The summed E-state index contributed by atoms with van der Waals surface area (Å²) in [6.45, 7) is 5.32. The molecule has 5 rings (SSSR count). The number of amides is 1. The second-order valence-corrected chi connectivity index (χ2v) is 8.52. The van der Waals surface area contributed by atoms with E-state index in [0.717, 1.165) is 19.4 Å². The number of aliphatic hydroxyl groups excluding tert-OH is 1. The van der Waals surface area contributed by atoms with E-state index in [-0.39, 0.29) is 29.6 Å². The quantitative estimate of drug-likeness (QED) is 0.856. The number of carbonyl (C=O) groups excluding carboxylic acids is 1. The summed E-state index contributed by atoms with van der Waals surface area (Å²) in [6, 6.07) is 0. The third kappa shape index (κ3) is 1.41. The molecule has 2 saturated heterocycles. The van der Waals surface area contributed by atoms with Gasteiger partial charge in [0.05, 0.1) is 18.1 Å². The summed E-state index contributed by atoms with van der Waals surface area (Å²) >= 11 is 0. The van der Waals surface area contributed by atoms with Crippen molar-refractivity contribution >= 4 is 5.91 Å². The minimum Gasteiger partial charge on any atom is -0.390 e. The van der Waals surface area contributed by atoms with Crippen LogP contribution in [0.15, 0.2) is 0 Å². The van der Waals surface area contributed by atoms with Crippen molar-refractivity contribution in [3.05, 3.63) is 0 Å². The van der Waals surface area contributed by atoms with Crippen LogP contribution in [0.3, 0.4) is 0 Å². The number of rotatable bonds is 4. The summed E-state index contributed by atoms with van der Waals surface area (Å²) in [4.78, 5) is 15.2. The predicted octanol–water partition coefficient (Wildman–Crippen LogP) is 1.62. The molecule has 7 atom stereocenters. The molecule has 1 amide bonds. The van der Waals surface area contributed by atoms with Crippen LogP contribution in [0, 0.1) is 35.5 Å². The summed E-state index contributed by atoms with van der Waals surface area (Å²) in [5, 5.41) is 10.5. The van der Waals surface area contributed by atoms with Gasteiger partial charge in [-0.3, -0.25) is 4.79 Å². The topological polar surface area (TPSA) is 49.8 Å². The van der Waals surface area contributed by atoms with Gasteiger partial charge in [0, 0.05) is 12.5 Å². The first-order chi connectivity index (χ1) is 10.0. The fourth-order valence-corrected chi connectivity index (χ4v) is 6.04. The van der Waals surface area contributed by atoms with Crippen LogP contribution >= 0.6 is 0 Å². The van der Waals surface area contributed by atoms with Crippen LogP contribution in [-0.4, -0.2) is 40.4 Å². The van der Waals surface area contributed by atoms with Gasteiger partial charge in [-0.05, 0) is 49.4 Å². The minimum atomic E-state index is -0.405. The fourth-order valence-electron chi connectivity index (χ4n) is 6.04. The van der Waals surface area contributed by atoms with E-state index in [0.29, 0.717) is 23.7 Å². The molecule has 4 heteroatoms. The molecule has 7 unspecified atom stereocenters. The van der Waals surface area contributed by atoms with Gasteiger partial charge in [0.1, 0.15) is 5.72 Å². The summed E-state index contributed by atoms with van der Waals surface area (Å²) < 4.78 is 6.51. The van der Waals surface area contributed by atoms with Crippen molar-refractivity contribution < 1.29 is 14.6 Å². The van der Waals surface area contributed by atoms with E-state index in [1.54, 1.807) is 0 Å². The number of likely N-dealkylation sites (tertiary alicyclic amines) is 1. The lowest BCUT2D eigenvalue weighted by Gasteiger charge is -2.40. The van der Waals surface area contributed by atoms with Crippen molar-refractivity contribution in [1.29, 1.82) is 0 Å². The maximum absolute atomic E-state index is 13.0. The van der Waals surface area contributed by atoms with Crippen LogP contribution in [0.1, 0.15) is 39.5 Å². The Morgan fingerprint density at radius 3 is 2.81 bits per heavy atom. The molecule has 1 N–H and O–H groups in total. The van der Waals surface area contributed by atoms with Crippen LogP contribution in [0.5, 0.6) is 0 Å². The Bertz CT molecular complexity index is 502. The van der Waals surface area contributed by atoms with E-state index in [1.165, 1.54) is 12.8 Å². The highest BCUT2D eigenvalue weighted by molar-refractivity contribution is 5.84. The lowest BCUT2D eigenvalue weighted by Crippen LogP contribution is -2.52. The van der Waals surface area contributed by atoms with E-state index < -0.39 is 6.10 Å². The van der Waals surface area contributed by atoms with Gasteiger partial charge >= 0.3 is 0 Å². The Morgan fingerprint density at radius 1 is 1.38 bits per heavy atom. The predicted molar refractivity (Wildman–Crippen MR) is 76.1 cm³/mol. The monoisotopic (exact) mass is 291 g/mol. The number of carbonyl (C=O) groups is 1. The number of hydrogen-bond acceptors (Lipinski definition) is 3. The highest BCUT2D eigenvalue weighted by Crippen LogP contribution is 2.68. The van der Waals surface area contributed by atoms with Crippen molar-refractivity contribution in [3.8, 4) is 0 Å². The first kappa shape index (κ1) is 12.9. The SMILES string of the molecule is CC(C)CC12OC3C(O)C4CC3C1C4C(=O)N2CC1CC1. The zero-order valence-electron chi connectivity index (χ0n) is 12.9. The molecule has 21 heavy (non-hydrogen) atoms. The molecular formula is C17H25NO3. The van der Waals surface area contributed by atoms with Gasteiger partial charge < -0.3 is 14.7 Å². The molecule has 2 bridgehead atoms. The van der Waals surface area contributed by atoms with Gasteiger partial charge in [-0.25, -0.2) is 0 Å². The van der Waals surface area contributed by atoms with E-state index >= 15 is 0 Å². The Hall–Kier alpha value is -0.610. The smallest absolute Gasteiger partial charge is 0.228 e. The fraction of sp³-hybridized carbons (Fsp3) is 0.941. The van der Waals surface area contributed by atoms with Crippen LogP contribution in [0.2, 0.25) is 0 Å². The van der Waals surface area contributed by atoms with Crippen LogP contribution < -0.4 is 0 Å². The van der Waals surface area contributed by atoms with Gasteiger partial charge in [0.25, 0.3) is 0 Å². The Kier molecular flexibility index (Phi) is 2.35. The van der Waals surface area contributed by atoms with E-state index in [9.17, 15) is 9.90 Å². The third-order valence-corrected chi connectivity index (χ3v) is 6.76. The third-order valence-electron chi connectivity index (χ3n) is 6.76. The molecule has 2 heterocycles. The first-order valence-electron chi connectivity index (χ1n) is 8.70. The molecule has 4 nitrogen and oxygen atoms in total. The Morgan fingerprint density at radius 2 is 2.14 bits per heavy atom. The zero-order chi connectivity index (χ0) is 14.5. The van der Waals surface area contributed by atoms with Gasteiger partial charge in [-0.1, -0.05) is 13.8 Å². The number of hydrogen-bond donors (Lipinski definition) is 1. The Labute approximate surface area is 125 Å². The molecule has 0 spiro atoms. The molecule has 2 aliphatic heterocycles. The standard InChI is InChI=1S/C17H25NO3/c1-8(2)6-17-13-11-5-10(14(19)15(11)21-17)12(13)16(20)18(17)7-9-3-4-9/h8-15,19H,3-7H2,1-2H3. The number of aliphatic hydroxyl groups is 1. The summed E-state index contributed by atoms with van der Waals surface area (Å²) in [7, 11) is 0. The van der Waals surface area contributed by atoms with Crippen molar-refractivity contribution in [2.45, 2.75) is 57.5 Å². The molecule has 3 saturated carbocycles. The van der Waals surface area contributed by atoms with Gasteiger partial charge in [-0.2, -0.15) is 0 Å². The molecule has 0 aromatic rings. The highest BCUT2D eigenvalue weighted by Gasteiger charge is 2.78. The van der Waals surface area contributed by atoms with Crippen LogP contribution in [0.25, 0.3) is 0 Å². The maximum Gasteiger partial charge on any atom is 0.228 e. The van der Waals surface area contributed by atoms with E-state index in [2.05, 4.69) is 18.7 Å². The van der Waals surface area contributed by atoms with Crippen molar-refractivity contribution in [3.63, 3.8) is 0 Å². The van der Waals surface area contributed by atoms with Crippen LogP contribution in [0.4, 0.5) is 0 Å². The maximum atomic E-state index is 13.0. The summed E-state index contributed by atoms with van der Waals surface area (Å²) in [5.41, 5.74) is -0.389. The summed E-state index contributed by atoms with van der Waals surface area (Å²) in [5.74, 6) is 2.47. The molecule has 116 valence electrons. The van der Waals surface area contributed by atoms with Gasteiger partial charge in [0.15, 0.2) is 0 Å². The van der Waals surface area contributed by atoms with Gasteiger partial charge in [-0.15, -0.1) is 0 Å². The molecule has 0 aromatic heterocycles. The van der Waals surface area contributed by atoms with Gasteiger partial charge in [0.2, 0.25) is 5.91 Å². The summed E-state index contributed by atoms with van der Waals surface area (Å²) in [6.07, 6.45) is 4.04. The lowest BCUT2D eigenvalue weighted by atomic mass is 9.75. The number of nitrogens with zero attached hydrogens (tertiary/aromatic N) is 1. The molecule has 0 aromatic carbocycles. The highest BCUT2D eigenvalue weighted by atomic mass is 16.6. The van der Waals surface area contributed by atoms with Crippen molar-refractivity contribution in [1.82, 2.24) is 4.90 Å². The van der Waals surface area contributed by atoms with E-state index in [1.807, 2.05) is 0 Å². The number of fused-ring (bicyclic) bond motifs is 2. The van der Waals surface area contributed by atoms with Crippen LogP contribution in [-0.2, 0) is 9.53 Å². The van der Waals surface area contributed by atoms with Crippen molar-refractivity contribution in [2.75, 3.05) is 6.54 Å². The molecular weight excluding hydrogens is 266 g/mol. The second kappa shape index (κ2) is 3.83. The average Bonchev–Trinajstić information content (AvgIpc) is 2.91. The Balaban J connectivity index is 1.58. The zero-order valence-corrected chi connectivity index (χ0v) is 12.9. The lowest BCUT2D eigenvalue weighted by molar-refractivity contribution is -0.183. The molecule has 5 fully saturated rings. The molecule has 3 aliphatic carbocycles. The molecule has 0 radical (unpaired) electrons. The number of ether oxygens (including phenoxy) is 1. The first-order valence-corrected chi connectivity index (χ1v) is 8.70.